The normalized spacial score (nSPS) is 12.0. The maximum atomic E-state index is 4.97. The second-order valence-electron chi connectivity index (χ2n) is 8.92. The van der Waals surface area contributed by atoms with Gasteiger partial charge < -0.3 is 0 Å². The Hall–Kier alpha value is -4.41. The van der Waals surface area contributed by atoms with E-state index >= 15 is 0 Å². The summed E-state index contributed by atoms with van der Waals surface area (Å²) in [5.41, 5.74) is 7.83. The number of benzene rings is 4. The van der Waals surface area contributed by atoms with Gasteiger partial charge in [0.15, 0.2) is 5.65 Å². The fourth-order valence-electron chi connectivity index (χ4n) is 5.35. The van der Waals surface area contributed by atoms with Crippen LogP contribution >= 0.6 is 11.3 Å². The Kier molecular flexibility index (Phi) is 3.82. The highest BCUT2D eigenvalue weighted by Gasteiger charge is 2.18. The second-order valence-corrected chi connectivity index (χ2v) is 10.0. The molecule has 4 aromatic carbocycles. The Morgan fingerprint density at radius 1 is 0.600 bits per heavy atom. The van der Waals surface area contributed by atoms with E-state index in [4.69, 9.17) is 4.98 Å². The van der Waals surface area contributed by atoms with Crippen LogP contribution in [0.25, 0.3) is 64.7 Å². The lowest BCUT2D eigenvalue weighted by atomic mass is 10.0. The smallest absolute Gasteiger partial charge is 0.150 e. The van der Waals surface area contributed by atoms with E-state index in [0.717, 1.165) is 22.5 Å². The molecule has 0 N–H and O–H groups in total. The molecule has 0 aliphatic carbocycles. The highest BCUT2D eigenvalue weighted by molar-refractivity contribution is 7.25. The van der Waals surface area contributed by atoms with Gasteiger partial charge in [0.25, 0.3) is 0 Å². The van der Waals surface area contributed by atoms with E-state index in [-0.39, 0.29) is 0 Å². The molecule has 4 aromatic heterocycles. The number of thiophene rings is 1. The lowest BCUT2D eigenvalue weighted by Gasteiger charge is -2.11. The second kappa shape index (κ2) is 7.05. The first-order chi connectivity index (χ1) is 17.3. The van der Waals surface area contributed by atoms with Crippen LogP contribution in [-0.4, -0.2) is 14.0 Å². The average Bonchev–Trinajstić information content (AvgIpc) is 3.57. The van der Waals surface area contributed by atoms with Gasteiger partial charge in [-0.25, -0.2) is 4.98 Å². The summed E-state index contributed by atoms with van der Waals surface area (Å²) in [7, 11) is 0. The lowest BCUT2D eigenvalue weighted by Crippen LogP contribution is -1.97. The standard InChI is InChI=1S/C31H19N3S/c1-3-12-26-24(11-1)30-31(33-17-6-5-14-29(33)32-30)34(26)22-9-7-8-20(18-22)21-15-16-28-25(19-21)23-10-2-4-13-27(23)35-28/h1-19H. The van der Waals surface area contributed by atoms with Gasteiger partial charge in [0.1, 0.15) is 11.2 Å². The van der Waals surface area contributed by atoms with Gasteiger partial charge in [0.05, 0.1) is 5.52 Å². The van der Waals surface area contributed by atoms with Crippen molar-refractivity contribution in [1.82, 2.24) is 14.0 Å². The third kappa shape index (κ3) is 2.69. The SMILES string of the molecule is c1cc(-c2ccc3sc4ccccc4c3c2)cc(-n2c3ccccc3c3nc4ccccn4c32)c1. The van der Waals surface area contributed by atoms with E-state index < -0.39 is 0 Å². The Morgan fingerprint density at radius 2 is 1.40 bits per heavy atom. The summed E-state index contributed by atoms with van der Waals surface area (Å²) in [6, 6.07) is 39.1. The molecule has 164 valence electrons. The number of hydrogen-bond acceptors (Lipinski definition) is 2. The zero-order chi connectivity index (χ0) is 22.9. The van der Waals surface area contributed by atoms with Crippen LogP contribution in [-0.2, 0) is 0 Å². The summed E-state index contributed by atoms with van der Waals surface area (Å²) in [5.74, 6) is 0. The van der Waals surface area contributed by atoms with E-state index in [9.17, 15) is 0 Å². The van der Waals surface area contributed by atoms with Gasteiger partial charge in [0.2, 0.25) is 0 Å². The molecule has 0 atom stereocenters. The summed E-state index contributed by atoms with van der Waals surface area (Å²) in [6.45, 7) is 0. The number of fused-ring (bicyclic) bond motifs is 8. The van der Waals surface area contributed by atoms with Gasteiger partial charge in [-0.2, -0.15) is 0 Å². The van der Waals surface area contributed by atoms with Crippen LogP contribution in [0.4, 0.5) is 0 Å². The van der Waals surface area contributed by atoms with Gasteiger partial charge in [0, 0.05) is 37.4 Å². The lowest BCUT2D eigenvalue weighted by molar-refractivity contribution is 1.09. The number of aromatic nitrogens is 3. The van der Waals surface area contributed by atoms with Crippen LogP contribution < -0.4 is 0 Å². The Balaban J connectivity index is 1.39. The van der Waals surface area contributed by atoms with Crippen molar-refractivity contribution in [2.75, 3.05) is 0 Å². The Labute approximate surface area is 205 Å². The summed E-state index contributed by atoms with van der Waals surface area (Å²) >= 11 is 1.86. The van der Waals surface area contributed by atoms with Crippen molar-refractivity contribution in [1.29, 1.82) is 0 Å². The van der Waals surface area contributed by atoms with E-state index in [1.54, 1.807) is 0 Å². The van der Waals surface area contributed by atoms with Crippen LogP contribution in [0.5, 0.6) is 0 Å². The molecule has 0 saturated carbocycles. The summed E-state index contributed by atoms with van der Waals surface area (Å²) in [4.78, 5) is 4.97. The zero-order valence-electron chi connectivity index (χ0n) is 18.7. The minimum atomic E-state index is 0.961. The first kappa shape index (κ1) is 19.0. The number of nitrogens with zero attached hydrogens (tertiary/aromatic N) is 3. The topological polar surface area (TPSA) is 22.2 Å². The largest absolute Gasteiger partial charge is 0.294 e. The molecule has 0 aliphatic rings. The summed E-state index contributed by atoms with van der Waals surface area (Å²) in [6.07, 6.45) is 2.10. The molecule has 4 heteroatoms. The quantitative estimate of drug-likeness (QED) is 0.251. The zero-order valence-corrected chi connectivity index (χ0v) is 19.5. The van der Waals surface area contributed by atoms with E-state index in [1.165, 1.54) is 42.2 Å². The van der Waals surface area contributed by atoms with Crippen molar-refractivity contribution in [2.45, 2.75) is 0 Å². The number of imidazole rings is 1. The van der Waals surface area contributed by atoms with Crippen LogP contribution in [0.1, 0.15) is 0 Å². The van der Waals surface area contributed by atoms with Gasteiger partial charge in [-0.3, -0.25) is 8.97 Å². The van der Waals surface area contributed by atoms with Crippen LogP contribution in [0.15, 0.2) is 115 Å². The van der Waals surface area contributed by atoms with Crippen LogP contribution in [0.2, 0.25) is 0 Å². The maximum absolute atomic E-state index is 4.97. The molecule has 0 fully saturated rings. The van der Waals surface area contributed by atoms with Gasteiger partial charge in [-0.05, 0) is 59.7 Å². The average molecular weight is 466 g/mol. The molecule has 3 nitrogen and oxygen atoms in total. The maximum Gasteiger partial charge on any atom is 0.150 e. The van der Waals surface area contributed by atoms with E-state index in [1.807, 2.05) is 17.4 Å². The molecule has 0 unspecified atom stereocenters. The highest BCUT2D eigenvalue weighted by atomic mass is 32.1. The minimum Gasteiger partial charge on any atom is -0.294 e. The fourth-order valence-corrected chi connectivity index (χ4v) is 6.44. The number of hydrogen-bond donors (Lipinski definition) is 0. The van der Waals surface area contributed by atoms with Gasteiger partial charge in [-0.15, -0.1) is 11.3 Å². The highest BCUT2D eigenvalue weighted by Crippen LogP contribution is 2.37. The summed E-state index contributed by atoms with van der Waals surface area (Å²) in [5, 5.41) is 3.82. The minimum absolute atomic E-state index is 0.961. The summed E-state index contributed by atoms with van der Waals surface area (Å²) < 4.78 is 7.19. The molecular formula is C31H19N3S. The third-order valence-corrected chi connectivity index (χ3v) is 8.08. The molecule has 4 heterocycles. The van der Waals surface area contributed by atoms with E-state index in [0.29, 0.717) is 0 Å². The monoisotopic (exact) mass is 465 g/mol. The predicted molar refractivity (Wildman–Crippen MR) is 148 cm³/mol. The van der Waals surface area contributed by atoms with Crippen LogP contribution in [0, 0.1) is 0 Å². The van der Waals surface area contributed by atoms with Crippen molar-refractivity contribution >= 4 is 59.2 Å². The fraction of sp³-hybridized carbons (Fsp3) is 0. The Morgan fingerprint density at radius 3 is 2.37 bits per heavy atom. The molecule has 0 spiro atoms. The molecule has 0 saturated heterocycles. The van der Waals surface area contributed by atoms with Crippen LogP contribution in [0.3, 0.4) is 0 Å². The van der Waals surface area contributed by atoms with Crippen molar-refractivity contribution in [3.8, 4) is 16.8 Å². The Bertz CT molecular complexity index is 2070. The molecule has 0 aliphatic heterocycles. The van der Waals surface area contributed by atoms with Crippen molar-refractivity contribution in [2.24, 2.45) is 0 Å². The first-order valence-electron chi connectivity index (χ1n) is 11.7. The first-order valence-corrected chi connectivity index (χ1v) is 12.6. The molecule has 0 bridgehead atoms. The van der Waals surface area contributed by atoms with Crippen molar-refractivity contribution < 1.29 is 0 Å². The van der Waals surface area contributed by atoms with Crippen molar-refractivity contribution in [3.63, 3.8) is 0 Å². The molecule has 0 amide bonds. The number of pyridine rings is 1. The van der Waals surface area contributed by atoms with Gasteiger partial charge in [-0.1, -0.05) is 60.7 Å². The molecule has 8 rings (SSSR count). The van der Waals surface area contributed by atoms with E-state index in [2.05, 4.69) is 118 Å². The van der Waals surface area contributed by atoms with Crippen molar-refractivity contribution in [3.05, 3.63) is 115 Å². The molecule has 8 aromatic rings. The molecule has 0 radical (unpaired) electrons. The van der Waals surface area contributed by atoms with Gasteiger partial charge >= 0.3 is 0 Å². The third-order valence-electron chi connectivity index (χ3n) is 6.93. The molecular weight excluding hydrogens is 446 g/mol. The number of para-hydroxylation sites is 1. The number of rotatable bonds is 2. The predicted octanol–water partition coefficient (Wildman–Crippen LogP) is 8.47. The molecule has 35 heavy (non-hydrogen) atoms.